The lowest BCUT2D eigenvalue weighted by atomic mass is 10.1. The van der Waals surface area contributed by atoms with Gasteiger partial charge in [0, 0.05) is 17.7 Å². The topological polar surface area (TPSA) is 85.4 Å². The summed E-state index contributed by atoms with van der Waals surface area (Å²) in [6.07, 6.45) is 1.22. The Bertz CT molecular complexity index is 781. The molecule has 1 aromatic carbocycles. The first-order valence-corrected chi connectivity index (χ1v) is 8.76. The van der Waals surface area contributed by atoms with Gasteiger partial charge in [-0.25, -0.2) is 9.78 Å². The van der Waals surface area contributed by atoms with Gasteiger partial charge in [0.05, 0.1) is 10.7 Å². The van der Waals surface area contributed by atoms with Crippen molar-refractivity contribution >= 4 is 34.7 Å². The van der Waals surface area contributed by atoms with Gasteiger partial charge in [0.15, 0.2) is 12.4 Å². The van der Waals surface area contributed by atoms with Crippen molar-refractivity contribution in [3.63, 3.8) is 0 Å². The van der Waals surface area contributed by atoms with Gasteiger partial charge in [-0.15, -0.1) is 11.3 Å². The first kappa shape index (κ1) is 18.8. The van der Waals surface area contributed by atoms with E-state index in [1.54, 1.807) is 38.1 Å². The van der Waals surface area contributed by atoms with E-state index in [0.717, 1.165) is 11.4 Å². The molecule has 1 heterocycles. The van der Waals surface area contributed by atoms with E-state index in [9.17, 15) is 14.4 Å². The number of nitrogens with zero attached hydrogens (tertiary/aromatic N) is 1. The molecule has 1 N–H and O–H groups in total. The van der Waals surface area contributed by atoms with Crippen LogP contribution in [0, 0.1) is 13.8 Å². The summed E-state index contributed by atoms with van der Waals surface area (Å²) in [6, 6.07) is 6.50. The fraction of sp³-hybridized carbons (Fsp3) is 0.333. The number of esters is 1. The number of rotatable bonds is 7. The van der Waals surface area contributed by atoms with Crippen molar-refractivity contribution in [3.8, 4) is 0 Å². The van der Waals surface area contributed by atoms with Crippen LogP contribution in [-0.2, 0) is 9.53 Å². The van der Waals surface area contributed by atoms with Gasteiger partial charge < -0.3 is 10.1 Å². The number of nitrogens with one attached hydrogen (secondary N) is 1. The molecule has 0 fully saturated rings. The molecule has 0 bridgehead atoms. The van der Waals surface area contributed by atoms with E-state index in [2.05, 4.69) is 10.3 Å². The lowest BCUT2D eigenvalue weighted by Gasteiger charge is -2.06. The summed E-state index contributed by atoms with van der Waals surface area (Å²) in [7, 11) is 0. The highest BCUT2D eigenvalue weighted by Crippen LogP contribution is 2.18. The lowest BCUT2D eigenvalue weighted by molar-refractivity contribution is -0.116. The molecule has 0 aliphatic carbocycles. The van der Waals surface area contributed by atoms with Crippen LogP contribution >= 0.6 is 11.3 Å². The molecule has 132 valence electrons. The number of ketones is 1. The minimum Gasteiger partial charge on any atom is -0.453 e. The molecule has 0 atom stereocenters. The maximum atomic E-state index is 12.1. The van der Waals surface area contributed by atoms with Gasteiger partial charge in [0.1, 0.15) is 4.88 Å². The van der Waals surface area contributed by atoms with Gasteiger partial charge in [-0.2, -0.15) is 0 Å². The maximum Gasteiger partial charge on any atom is 0.350 e. The fourth-order valence-electron chi connectivity index (χ4n) is 2.19. The van der Waals surface area contributed by atoms with Crippen LogP contribution in [0.15, 0.2) is 24.3 Å². The van der Waals surface area contributed by atoms with Crippen molar-refractivity contribution in [2.75, 3.05) is 11.9 Å². The standard InChI is InChI=1S/C18H20N2O4S/c1-4-5-16(22)20-14-8-6-13(7-9-14)15(21)10-24-18(23)17-11(2)19-12(3)25-17/h6-9H,4-5,10H2,1-3H3,(H,20,22). The van der Waals surface area contributed by atoms with E-state index < -0.39 is 5.97 Å². The molecule has 2 rings (SSSR count). The van der Waals surface area contributed by atoms with Crippen LogP contribution in [-0.4, -0.2) is 29.3 Å². The molecule has 0 spiro atoms. The second-order valence-electron chi connectivity index (χ2n) is 5.52. The van der Waals surface area contributed by atoms with Crippen molar-refractivity contribution in [1.82, 2.24) is 4.98 Å². The quantitative estimate of drug-likeness (QED) is 0.603. The summed E-state index contributed by atoms with van der Waals surface area (Å²) in [6.45, 7) is 5.13. The second-order valence-corrected chi connectivity index (χ2v) is 6.73. The largest absolute Gasteiger partial charge is 0.453 e. The molecule has 25 heavy (non-hydrogen) atoms. The summed E-state index contributed by atoms with van der Waals surface area (Å²) in [4.78, 5) is 40.2. The highest BCUT2D eigenvalue weighted by molar-refractivity contribution is 7.13. The maximum absolute atomic E-state index is 12.1. The average Bonchev–Trinajstić information content (AvgIpc) is 2.91. The number of hydrogen-bond acceptors (Lipinski definition) is 6. The highest BCUT2D eigenvalue weighted by Gasteiger charge is 2.17. The number of anilines is 1. The highest BCUT2D eigenvalue weighted by atomic mass is 32.1. The predicted molar refractivity (Wildman–Crippen MR) is 96.2 cm³/mol. The number of carbonyl (C=O) groups excluding carboxylic acids is 3. The number of ether oxygens (including phenoxy) is 1. The Hall–Kier alpha value is -2.54. The van der Waals surface area contributed by atoms with Crippen molar-refractivity contribution in [1.29, 1.82) is 0 Å². The molecule has 7 heteroatoms. The average molecular weight is 360 g/mol. The number of hydrogen-bond donors (Lipinski definition) is 1. The molecule has 2 aromatic rings. The first-order chi connectivity index (χ1) is 11.9. The monoisotopic (exact) mass is 360 g/mol. The fourth-order valence-corrected chi connectivity index (χ4v) is 3.00. The first-order valence-electron chi connectivity index (χ1n) is 7.95. The Morgan fingerprint density at radius 3 is 2.40 bits per heavy atom. The van der Waals surface area contributed by atoms with Gasteiger partial charge in [-0.3, -0.25) is 9.59 Å². The smallest absolute Gasteiger partial charge is 0.350 e. The third kappa shape index (κ3) is 5.22. The van der Waals surface area contributed by atoms with E-state index in [0.29, 0.717) is 28.2 Å². The molecular formula is C18H20N2O4S. The molecule has 0 saturated carbocycles. The van der Waals surface area contributed by atoms with E-state index in [4.69, 9.17) is 4.74 Å². The minimum atomic E-state index is -0.542. The number of aryl methyl sites for hydroxylation is 2. The van der Waals surface area contributed by atoms with Gasteiger partial charge in [0.25, 0.3) is 0 Å². The number of carbonyl (C=O) groups is 3. The van der Waals surface area contributed by atoms with Crippen LogP contribution in [0.3, 0.4) is 0 Å². The normalized spacial score (nSPS) is 10.4. The third-order valence-electron chi connectivity index (χ3n) is 3.39. The third-order valence-corrected chi connectivity index (χ3v) is 4.44. The molecule has 0 radical (unpaired) electrons. The van der Waals surface area contributed by atoms with Crippen molar-refractivity contribution in [2.24, 2.45) is 0 Å². The van der Waals surface area contributed by atoms with Crippen LogP contribution < -0.4 is 5.32 Å². The summed E-state index contributed by atoms with van der Waals surface area (Å²) < 4.78 is 5.08. The van der Waals surface area contributed by atoms with E-state index in [1.165, 1.54) is 11.3 Å². The van der Waals surface area contributed by atoms with Gasteiger partial charge in [-0.1, -0.05) is 6.92 Å². The zero-order chi connectivity index (χ0) is 18.4. The van der Waals surface area contributed by atoms with Crippen molar-refractivity contribution < 1.29 is 19.1 Å². The minimum absolute atomic E-state index is 0.0641. The molecule has 1 aromatic heterocycles. The Labute approximate surface area is 150 Å². The lowest BCUT2D eigenvalue weighted by Crippen LogP contribution is -2.14. The molecule has 1 amide bonds. The van der Waals surface area contributed by atoms with Crippen LogP contribution in [0.25, 0.3) is 0 Å². The molecular weight excluding hydrogens is 340 g/mol. The molecule has 0 aliphatic rings. The Morgan fingerprint density at radius 1 is 1.16 bits per heavy atom. The van der Waals surface area contributed by atoms with Gasteiger partial charge >= 0.3 is 5.97 Å². The number of thiazole rings is 1. The number of amides is 1. The zero-order valence-electron chi connectivity index (χ0n) is 14.4. The zero-order valence-corrected chi connectivity index (χ0v) is 15.2. The SMILES string of the molecule is CCCC(=O)Nc1ccc(C(=O)COC(=O)c2sc(C)nc2C)cc1. The summed E-state index contributed by atoms with van der Waals surface area (Å²) in [5, 5.41) is 3.52. The Morgan fingerprint density at radius 2 is 1.84 bits per heavy atom. The van der Waals surface area contributed by atoms with Crippen LogP contribution in [0.1, 0.15) is 50.5 Å². The summed E-state index contributed by atoms with van der Waals surface area (Å²) in [5.41, 5.74) is 1.65. The van der Waals surface area contributed by atoms with Crippen molar-refractivity contribution in [2.45, 2.75) is 33.6 Å². The van der Waals surface area contributed by atoms with Gasteiger partial charge in [-0.05, 0) is 44.5 Å². The van der Waals surface area contributed by atoms with Crippen LogP contribution in [0.4, 0.5) is 5.69 Å². The van der Waals surface area contributed by atoms with E-state index in [-0.39, 0.29) is 18.3 Å². The number of Topliss-reactive ketones (excluding diaryl/α,β-unsaturated/α-hetero) is 1. The van der Waals surface area contributed by atoms with Crippen molar-refractivity contribution in [3.05, 3.63) is 45.4 Å². The van der Waals surface area contributed by atoms with Crippen LogP contribution in [0.2, 0.25) is 0 Å². The van der Waals surface area contributed by atoms with E-state index >= 15 is 0 Å². The summed E-state index contributed by atoms with van der Waals surface area (Å²) >= 11 is 1.24. The van der Waals surface area contributed by atoms with Gasteiger partial charge in [0.2, 0.25) is 5.91 Å². The summed E-state index contributed by atoms with van der Waals surface area (Å²) in [5.74, 6) is -0.913. The number of aromatic nitrogens is 1. The van der Waals surface area contributed by atoms with E-state index in [1.807, 2.05) is 6.92 Å². The number of benzene rings is 1. The molecule has 0 saturated heterocycles. The Kier molecular flexibility index (Phi) is 6.41. The molecule has 0 aliphatic heterocycles. The molecule has 6 nitrogen and oxygen atoms in total. The molecule has 0 unspecified atom stereocenters. The predicted octanol–water partition coefficient (Wildman–Crippen LogP) is 3.54. The Balaban J connectivity index is 1.91. The second kappa shape index (κ2) is 8.53. The van der Waals surface area contributed by atoms with Crippen LogP contribution in [0.5, 0.6) is 0 Å².